The van der Waals surface area contributed by atoms with Gasteiger partial charge in [-0.1, -0.05) is 36.4 Å². The van der Waals surface area contributed by atoms with Gasteiger partial charge in [0.1, 0.15) is 0 Å². The fourth-order valence-electron chi connectivity index (χ4n) is 2.45. The monoisotopic (exact) mass is 305 g/mol. The molecule has 0 saturated heterocycles. The lowest BCUT2D eigenvalue weighted by Gasteiger charge is -2.06. The molecule has 1 N–H and O–H groups in total. The molecule has 0 aliphatic heterocycles. The van der Waals surface area contributed by atoms with Crippen LogP contribution in [0.1, 0.15) is 21.5 Å². The number of para-hydroxylation sites is 1. The van der Waals surface area contributed by atoms with Crippen molar-refractivity contribution in [1.82, 2.24) is 15.1 Å². The van der Waals surface area contributed by atoms with Gasteiger partial charge in [-0.05, 0) is 42.7 Å². The van der Waals surface area contributed by atoms with Crippen LogP contribution < -0.4 is 5.32 Å². The highest BCUT2D eigenvalue weighted by Gasteiger charge is 2.07. The molecule has 1 heterocycles. The predicted molar refractivity (Wildman–Crippen MR) is 90.8 cm³/mol. The van der Waals surface area contributed by atoms with Gasteiger partial charge in [0.05, 0.1) is 11.9 Å². The van der Waals surface area contributed by atoms with Crippen molar-refractivity contribution >= 4 is 5.91 Å². The summed E-state index contributed by atoms with van der Waals surface area (Å²) in [6.45, 7) is 2.53. The van der Waals surface area contributed by atoms with Gasteiger partial charge in [-0.3, -0.25) is 4.79 Å². The van der Waals surface area contributed by atoms with Crippen molar-refractivity contribution in [1.29, 1.82) is 0 Å². The van der Waals surface area contributed by atoms with Crippen LogP contribution in [0.25, 0.3) is 5.69 Å². The summed E-state index contributed by atoms with van der Waals surface area (Å²) in [6.07, 6.45) is 4.59. The average molecular weight is 305 g/mol. The Bertz CT molecular complexity index is 793. The Morgan fingerprint density at radius 3 is 2.61 bits per heavy atom. The molecule has 2 aromatic carbocycles. The molecule has 4 nitrogen and oxygen atoms in total. The lowest BCUT2D eigenvalue weighted by atomic mass is 10.1. The van der Waals surface area contributed by atoms with Crippen LogP contribution in [0.3, 0.4) is 0 Å². The quantitative estimate of drug-likeness (QED) is 0.787. The van der Waals surface area contributed by atoms with Crippen molar-refractivity contribution in [3.8, 4) is 5.69 Å². The van der Waals surface area contributed by atoms with Crippen LogP contribution in [0.15, 0.2) is 67.0 Å². The second kappa shape index (κ2) is 6.92. The predicted octanol–water partition coefficient (Wildman–Crippen LogP) is 3.15. The maximum absolute atomic E-state index is 12.2. The van der Waals surface area contributed by atoms with Crippen LogP contribution in [0.4, 0.5) is 0 Å². The van der Waals surface area contributed by atoms with E-state index in [4.69, 9.17) is 0 Å². The van der Waals surface area contributed by atoms with Crippen molar-refractivity contribution in [3.63, 3.8) is 0 Å². The molecule has 0 fully saturated rings. The Hall–Kier alpha value is -2.88. The maximum Gasteiger partial charge on any atom is 0.251 e. The van der Waals surface area contributed by atoms with Crippen LogP contribution in [0, 0.1) is 6.92 Å². The fourth-order valence-corrected chi connectivity index (χ4v) is 2.45. The maximum atomic E-state index is 12.2. The molecule has 3 aromatic rings. The number of amides is 1. The fraction of sp³-hybridized carbons (Fsp3) is 0.158. The number of carbonyl (C=O) groups is 1. The van der Waals surface area contributed by atoms with Crippen molar-refractivity contribution in [2.24, 2.45) is 0 Å². The van der Waals surface area contributed by atoms with Crippen LogP contribution in [-0.4, -0.2) is 22.2 Å². The van der Waals surface area contributed by atoms with Gasteiger partial charge in [-0.15, -0.1) is 0 Å². The van der Waals surface area contributed by atoms with Crippen molar-refractivity contribution in [3.05, 3.63) is 83.7 Å². The van der Waals surface area contributed by atoms with E-state index in [0.29, 0.717) is 6.54 Å². The lowest BCUT2D eigenvalue weighted by Crippen LogP contribution is -2.26. The third-order valence-electron chi connectivity index (χ3n) is 3.75. The molecule has 0 aliphatic carbocycles. The van der Waals surface area contributed by atoms with Gasteiger partial charge >= 0.3 is 0 Å². The minimum absolute atomic E-state index is 0.0291. The zero-order valence-electron chi connectivity index (χ0n) is 13.1. The third-order valence-corrected chi connectivity index (χ3v) is 3.75. The average Bonchev–Trinajstić information content (AvgIpc) is 3.05. The first-order chi connectivity index (χ1) is 11.2. The number of aromatic nitrogens is 2. The summed E-state index contributed by atoms with van der Waals surface area (Å²) in [5.74, 6) is -0.0291. The Morgan fingerprint density at radius 1 is 1.09 bits per heavy atom. The topological polar surface area (TPSA) is 46.9 Å². The van der Waals surface area contributed by atoms with Gasteiger partial charge in [0.15, 0.2) is 0 Å². The van der Waals surface area contributed by atoms with E-state index < -0.39 is 0 Å². The number of hydrogen-bond acceptors (Lipinski definition) is 2. The first-order valence-electron chi connectivity index (χ1n) is 7.67. The molecule has 0 atom stereocenters. The van der Waals surface area contributed by atoms with E-state index in [1.54, 1.807) is 0 Å². The number of carbonyl (C=O) groups excluding carboxylic acids is 1. The number of benzene rings is 2. The molecule has 0 saturated carbocycles. The van der Waals surface area contributed by atoms with Gasteiger partial charge in [0.25, 0.3) is 5.91 Å². The zero-order valence-corrected chi connectivity index (χ0v) is 13.1. The second-order valence-corrected chi connectivity index (χ2v) is 5.45. The number of aryl methyl sites for hydroxylation is 1. The molecule has 0 unspecified atom stereocenters. The summed E-state index contributed by atoms with van der Waals surface area (Å²) in [4.78, 5) is 12.2. The molecule has 4 heteroatoms. The highest BCUT2D eigenvalue weighted by molar-refractivity contribution is 5.95. The summed E-state index contributed by atoms with van der Waals surface area (Å²) in [6, 6.07) is 17.6. The SMILES string of the molecule is Cc1ccccc1C(=O)NCCc1cnn(-c2ccccc2)c1. The Kier molecular flexibility index (Phi) is 4.52. The largest absolute Gasteiger partial charge is 0.352 e. The minimum Gasteiger partial charge on any atom is -0.352 e. The first-order valence-corrected chi connectivity index (χ1v) is 7.67. The molecular weight excluding hydrogens is 286 g/mol. The van der Waals surface area contributed by atoms with Crippen molar-refractivity contribution < 1.29 is 4.79 Å². The van der Waals surface area contributed by atoms with Crippen LogP contribution >= 0.6 is 0 Å². The van der Waals surface area contributed by atoms with Gasteiger partial charge in [-0.2, -0.15) is 5.10 Å². The Balaban J connectivity index is 1.56. The van der Waals surface area contributed by atoms with Crippen molar-refractivity contribution in [2.45, 2.75) is 13.3 Å². The first kappa shape index (κ1) is 15.0. The summed E-state index contributed by atoms with van der Waals surface area (Å²) >= 11 is 0. The number of nitrogens with zero attached hydrogens (tertiary/aromatic N) is 2. The van der Waals surface area contributed by atoms with E-state index in [0.717, 1.165) is 28.8 Å². The summed E-state index contributed by atoms with van der Waals surface area (Å²) in [7, 11) is 0. The molecule has 0 radical (unpaired) electrons. The van der Waals surface area contributed by atoms with Crippen molar-refractivity contribution in [2.75, 3.05) is 6.54 Å². The molecule has 23 heavy (non-hydrogen) atoms. The summed E-state index contributed by atoms with van der Waals surface area (Å²) in [5, 5.41) is 7.32. The summed E-state index contributed by atoms with van der Waals surface area (Å²) in [5.41, 5.74) is 3.84. The normalized spacial score (nSPS) is 10.5. The Labute approximate surface area is 135 Å². The second-order valence-electron chi connectivity index (χ2n) is 5.45. The number of nitrogens with one attached hydrogen (secondary N) is 1. The minimum atomic E-state index is -0.0291. The molecular formula is C19H19N3O. The van der Waals surface area contributed by atoms with E-state index in [-0.39, 0.29) is 5.91 Å². The molecule has 1 aromatic heterocycles. The third kappa shape index (κ3) is 3.66. The molecule has 0 aliphatic rings. The molecule has 116 valence electrons. The van der Waals surface area contributed by atoms with E-state index >= 15 is 0 Å². The van der Waals surface area contributed by atoms with Crippen LogP contribution in [0.2, 0.25) is 0 Å². The highest BCUT2D eigenvalue weighted by Crippen LogP contribution is 2.09. The van der Waals surface area contributed by atoms with Gasteiger partial charge in [-0.25, -0.2) is 4.68 Å². The lowest BCUT2D eigenvalue weighted by molar-refractivity contribution is 0.0953. The highest BCUT2D eigenvalue weighted by atomic mass is 16.1. The van der Waals surface area contributed by atoms with Gasteiger partial charge < -0.3 is 5.32 Å². The Morgan fingerprint density at radius 2 is 1.83 bits per heavy atom. The van der Waals surface area contributed by atoms with Crippen LogP contribution in [0.5, 0.6) is 0 Å². The van der Waals surface area contributed by atoms with E-state index in [9.17, 15) is 4.79 Å². The molecule has 0 bridgehead atoms. The van der Waals surface area contributed by atoms with Crippen LogP contribution in [-0.2, 0) is 6.42 Å². The molecule has 1 amide bonds. The van der Waals surface area contributed by atoms with Gasteiger partial charge in [0.2, 0.25) is 0 Å². The summed E-state index contributed by atoms with van der Waals surface area (Å²) < 4.78 is 1.85. The van der Waals surface area contributed by atoms with E-state index in [2.05, 4.69) is 10.4 Å². The molecule has 3 rings (SSSR count). The number of rotatable bonds is 5. The smallest absolute Gasteiger partial charge is 0.251 e. The zero-order chi connectivity index (χ0) is 16.1. The van der Waals surface area contributed by atoms with E-state index in [1.165, 1.54) is 0 Å². The number of hydrogen-bond donors (Lipinski definition) is 1. The standard InChI is InChI=1S/C19H19N3O/c1-15-7-5-6-10-18(15)19(23)20-12-11-16-13-21-22(14-16)17-8-3-2-4-9-17/h2-10,13-14H,11-12H2,1H3,(H,20,23). The molecule has 0 spiro atoms. The van der Waals surface area contributed by atoms with E-state index in [1.807, 2.05) is 78.6 Å². The van der Waals surface area contributed by atoms with Gasteiger partial charge in [0, 0.05) is 18.3 Å².